The molecule has 0 spiro atoms. The van der Waals surface area contributed by atoms with Gasteiger partial charge in [-0.15, -0.1) is 0 Å². The van der Waals surface area contributed by atoms with E-state index in [0.717, 1.165) is 0 Å². The van der Waals surface area contributed by atoms with E-state index in [-0.39, 0.29) is 41.8 Å². The van der Waals surface area contributed by atoms with Crippen molar-refractivity contribution in [2.24, 2.45) is 0 Å². The summed E-state index contributed by atoms with van der Waals surface area (Å²) in [6.07, 6.45) is 2.46. The van der Waals surface area contributed by atoms with Gasteiger partial charge in [0.1, 0.15) is 11.0 Å². The van der Waals surface area contributed by atoms with Crippen LogP contribution in [0.5, 0.6) is 5.75 Å². The summed E-state index contributed by atoms with van der Waals surface area (Å²) >= 11 is 0. The quantitative estimate of drug-likeness (QED) is 0.486. The molecule has 8 heteroatoms. The Kier molecular flexibility index (Phi) is 7.37. The van der Waals surface area contributed by atoms with Crippen molar-refractivity contribution in [3.63, 3.8) is 0 Å². The van der Waals surface area contributed by atoms with E-state index in [0.29, 0.717) is 16.9 Å². The summed E-state index contributed by atoms with van der Waals surface area (Å²) in [7, 11) is -2.90. The average molecular weight is 345 g/mol. The fraction of sp³-hybridized carbons (Fsp3) is 0.200. The molecule has 1 aromatic heterocycles. The SMILES string of the molecule is COc1ccc(C(=O)CC(c2ccncc2)S(=O)(=O)O)cc1.[NaH]. The molecule has 118 valence electrons. The Bertz CT molecular complexity index is 747. The number of hydrogen-bond donors (Lipinski definition) is 1. The molecule has 2 rings (SSSR count). The van der Waals surface area contributed by atoms with Crippen molar-refractivity contribution in [3.8, 4) is 5.75 Å². The zero-order valence-electron chi connectivity index (χ0n) is 11.8. The van der Waals surface area contributed by atoms with E-state index in [1.165, 1.54) is 31.6 Å². The molecule has 0 amide bonds. The van der Waals surface area contributed by atoms with Gasteiger partial charge in [-0.3, -0.25) is 14.3 Å². The third-order valence-electron chi connectivity index (χ3n) is 3.22. The van der Waals surface area contributed by atoms with Crippen molar-refractivity contribution in [1.29, 1.82) is 0 Å². The van der Waals surface area contributed by atoms with Crippen molar-refractivity contribution >= 4 is 45.5 Å². The van der Waals surface area contributed by atoms with Crippen LogP contribution in [-0.2, 0) is 10.1 Å². The number of ether oxygens (including phenoxy) is 1. The van der Waals surface area contributed by atoms with Gasteiger partial charge in [-0.25, -0.2) is 0 Å². The standard InChI is InChI=1S/C15H15NO5S.Na.H/c1-21-13-4-2-11(3-5-13)14(17)10-15(22(18,19)20)12-6-8-16-9-7-12;;/h2-9,15H,10H2,1H3,(H,18,19,20);;. The molecule has 0 aliphatic rings. The molecule has 0 bridgehead atoms. The second-order valence-corrected chi connectivity index (χ2v) is 6.24. The molecule has 1 heterocycles. The molecule has 1 aromatic carbocycles. The number of ketones is 1. The van der Waals surface area contributed by atoms with Gasteiger partial charge in [0.05, 0.1) is 7.11 Å². The van der Waals surface area contributed by atoms with Crippen LogP contribution in [0.4, 0.5) is 0 Å². The minimum absolute atomic E-state index is 0. The molecular weight excluding hydrogens is 329 g/mol. The summed E-state index contributed by atoms with van der Waals surface area (Å²) in [5, 5.41) is -1.31. The summed E-state index contributed by atoms with van der Waals surface area (Å²) in [5.41, 5.74) is 0.669. The third kappa shape index (κ3) is 5.40. The van der Waals surface area contributed by atoms with Crippen molar-refractivity contribution in [3.05, 3.63) is 59.9 Å². The molecule has 0 aliphatic carbocycles. The Morgan fingerprint density at radius 2 is 1.74 bits per heavy atom. The van der Waals surface area contributed by atoms with E-state index in [1.807, 2.05) is 0 Å². The minimum atomic E-state index is -4.41. The van der Waals surface area contributed by atoms with Gasteiger partial charge in [-0.1, -0.05) is 0 Å². The number of aromatic nitrogens is 1. The third-order valence-corrected chi connectivity index (χ3v) is 4.38. The predicted molar refractivity (Wildman–Crippen MR) is 87.6 cm³/mol. The number of carbonyl (C=O) groups is 1. The Morgan fingerprint density at radius 3 is 2.22 bits per heavy atom. The van der Waals surface area contributed by atoms with E-state index >= 15 is 0 Å². The normalized spacial score (nSPS) is 12.1. The van der Waals surface area contributed by atoms with Crippen LogP contribution in [0, 0.1) is 0 Å². The predicted octanol–water partition coefficient (Wildman–Crippen LogP) is 1.64. The second kappa shape index (κ2) is 8.56. The van der Waals surface area contributed by atoms with E-state index in [2.05, 4.69) is 4.98 Å². The van der Waals surface area contributed by atoms with E-state index < -0.39 is 15.4 Å². The summed E-state index contributed by atoms with van der Waals surface area (Å²) in [5.74, 6) is 0.208. The van der Waals surface area contributed by atoms with Crippen LogP contribution in [0.3, 0.4) is 0 Å². The number of nitrogens with zero attached hydrogens (tertiary/aromatic N) is 1. The number of rotatable bonds is 6. The first-order valence-electron chi connectivity index (χ1n) is 6.45. The first-order chi connectivity index (χ1) is 10.4. The van der Waals surface area contributed by atoms with Crippen molar-refractivity contribution in [2.45, 2.75) is 11.7 Å². The first kappa shape index (κ1) is 19.8. The van der Waals surface area contributed by atoms with Gasteiger partial charge in [0.25, 0.3) is 10.1 Å². The number of carbonyl (C=O) groups excluding carboxylic acids is 1. The molecule has 0 saturated carbocycles. The molecule has 1 atom stereocenters. The monoisotopic (exact) mass is 345 g/mol. The molecule has 23 heavy (non-hydrogen) atoms. The average Bonchev–Trinajstić information content (AvgIpc) is 2.52. The first-order valence-corrected chi connectivity index (χ1v) is 7.95. The maximum absolute atomic E-state index is 12.2. The van der Waals surface area contributed by atoms with E-state index in [1.54, 1.807) is 24.3 Å². The molecule has 0 radical (unpaired) electrons. The van der Waals surface area contributed by atoms with Crippen LogP contribution in [0.1, 0.15) is 27.6 Å². The van der Waals surface area contributed by atoms with Crippen molar-refractivity contribution in [1.82, 2.24) is 4.98 Å². The number of Topliss-reactive ketones (excluding diaryl/α,β-unsaturated/α-hetero) is 1. The molecule has 0 aliphatic heterocycles. The van der Waals surface area contributed by atoms with Gasteiger partial charge in [-0.2, -0.15) is 8.42 Å². The van der Waals surface area contributed by atoms with E-state index in [4.69, 9.17) is 4.74 Å². The molecule has 0 saturated heterocycles. The molecule has 1 N–H and O–H groups in total. The molecule has 2 aromatic rings. The summed E-state index contributed by atoms with van der Waals surface area (Å²) in [6, 6.07) is 9.24. The Hall–Kier alpha value is -1.25. The van der Waals surface area contributed by atoms with Crippen LogP contribution in [0.15, 0.2) is 48.8 Å². The van der Waals surface area contributed by atoms with E-state index in [9.17, 15) is 17.8 Å². The molecule has 6 nitrogen and oxygen atoms in total. The maximum atomic E-state index is 12.2. The zero-order valence-corrected chi connectivity index (χ0v) is 12.7. The van der Waals surface area contributed by atoms with Gasteiger partial charge in [0.15, 0.2) is 5.78 Å². The van der Waals surface area contributed by atoms with Crippen LogP contribution in [0.2, 0.25) is 0 Å². The second-order valence-electron chi connectivity index (χ2n) is 4.64. The van der Waals surface area contributed by atoms with Gasteiger partial charge in [0, 0.05) is 24.4 Å². The fourth-order valence-corrected chi connectivity index (χ4v) is 2.90. The van der Waals surface area contributed by atoms with Gasteiger partial charge >= 0.3 is 29.6 Å². The summed E-state index contributed by atoms with van der Waals surface area (Å²) < 4.78 is 37.5. The number of methoxy groups -OCH3 is 1. The van der Waals surface area contributed by atoms with Crippen LogP contribution in [0.25, 0.3) is 0 Å². The number of hydrogen-bond acceptors (Lipinski definition) is 5. The zero-order chi connectivity index (χ0) is 16.2. The Balaban J connectivity index is 0.00000264. The summed E-state index contributed by atoms with van der Waals surface area (Å²) in [4.78, 5) is 16.0. The Labute approximate surface area is 156 Å². The topological polar surface area (TPSA) is 93.6 Å². The van der Waals surface area contributed by atoms with Crippen LogP contribution >= 0.6 is 0 Å². The van der Waals surface area contributed by atoms with Gasteiger partial charge in [-0.05, 0) is 42.0 Å². The fourth-order valence-electron chi connectivity index (χ4n) is 2.04. The van der Waals surface area contributed by atoms with Gasteiger partial charge in [0.2, 0.25) is 0 Å². The summed E-state index contributed by atoms with van der Waals surface area (Å²) in [6.45, 7) is 0. The molecule has 1 unspecified atom stereocenters. The van der Waals surface area contributed by atoms with Crippen LogP contribution in [-0.4, -0.2) is 60.4 Å². The molecular formula is C15H16NNaO5S. The number of benzene rings is 1. The van der Waals surface area contributed by atoms with Crippen molar-refractivity contribution < 1.29 is 22.5 Å². The molecule has 0 fully saturated rings. The van der Waals surface area contributed by atoms with Crippen molar-refractivity contribution in [2.75, 3.05) is 7.11 Å². The van der Waals surface area contributed by atoms with Gasteiger partial charge < -0.3 is 4.74 Å². The number of pyridine rings is 1. The Morgan fingerprint density at radius 1 is 1.17 bits per heavy atom. The van der Waals surface area contributed by atoms with Crippen LogP contribution < -0.4 is 4.74 Å².